The van der Waals surface area contributed by atoms with Crippen LogP contribution in [0.4, 0.5) is 0 Å². The highest BCUT2D eigenvalue weighted by Crippen LogP contribution is 2.37. The van der Waals surface area contributed by atoms with Gasteiger partial charge in [-0.1, -0.05) is 103 Å². The van der Waals surface area contributed by atoms with Gasteiger partial charge in [0.15, 0.2) is 0 Å². The summed E-state index contributed by atoms with van der Waals surface area (Å²) in [6.45, 7) is 0. The second kappa shape index (κ2) is 6.10. The Hall–Kier alpha value is -2.86. The van der Waals surface area contributed by atoms with Gasteiger partial charge in [-0.3, -0.25) is 0 Å². The Morgan fingerprint density at radius 2 is 1.04 bits per heavy atom. The van der Waals surface area contributed by atoms with Crippen molar-refractivity contribution < 1.29 is 0 Å². The van der Waals surface area contributed by atoms with Crippen LogP contribution in [-0.4, -0.2) is 0 Å². The predicted molar refractivity (Wildman–Crippen MR) is 98.3 cm³/mol. The summed E-state index contributed by atoms with van der Waals surface area (Å²) in [4.78, 5) is 0. The van der Waals surface area contributed by atoms with Gasteiger partial charge in [0, 0.05) is 5.92 Å². The number of benzene rings is 3. The van der Waals surface area contributed by atoms with Gasteiger partial charge in [-0.15, -0.1) is 0 Å². The maximum absolute atomic E-state index is 2.25. The third-order valence-corrected chi connectivity index (χ3v) is 4.37. The molecule has 0 N–H and O–H groups in total. The fourth-order valence-electron chi connectivity index (χ4n) is 3.26. The van der Waals surface area contributed by atoms with Gasteiger partial charge in [-0.25, -0.2) is 0 Å². The molecule has 0 fully saturated rings. The van der Waals surface area contributed by atoms with Crippen LogP contribution < -0.4 is 0 Å². The van der Waals surface area contributed by atoms with Crippen LogP contribution in [0.3, 0.4) is 0 Å². The van der Waals surface area contributed by atoms with Gasteiger partial charge in [0.05, 0.1) is 0 Å². The zero-order valence-corrected chi connectivity index (χ0v) is 12.9. The highest BCUT2D eigenvalue weighted by atomic mass is 14.2. The normalized spacial score (nSPS) is 13.6. The summed E-state index contributed by atoms with van der Waals surface area (Å²) in [6, 6.07) is 28.0. The highest BCUT2D eigenvalue weighted by Gasteiger charge is 2.15. The summed E-state index contributed by atoms with van der Waals surface area (Å²) in [6.07, 6.45) is 8.77. The Bertz CT molecular complexity index is 857. The molecule has 23 heavy (non-hydrogen) atoms. The van der Waals surface area contributed by atoms with Gasteiger partial charge in [0.1, 0.15) is 0 Å². The Morgan fingerprint density at radius 1 is 0.478 bits per heavy atom. The van der Waals surface area contributed by atoms with E-state index in [1.54, 1.807) is 0 Å². The van der Waals surface area contributed by atoms with E-state index in [2.05, 4.69) is 103 Å². The summed E-state index contributed by atoms with van der Waals surface area (Å²) in [5, 5.41) is 0. The third kappa shape index (κ3) is 2.64. The quantitative estimate of drug-likeness (QED) is 0.537. The topological polar surface area (TPSA) is 0 Å². The van der Waals surface area contributed by atoms with Crippen molar-refractivity contribution in [2.45, 2.75) is 5.92 Å². The molecule has 0 heteroatoms. The molecular weight excluding hydrogens is 276 g/mol. The minimum absolute atomic E-state index is 0.370. The molecule has 0 aliphatic heterocycles. The minimum atomic E-state index is 0.370. The summed E-state index contributed by atoms with van der Waals surface area (Å²) in [5.74, 6) is 0.370. The largest absolute Gasteiger partial charge is 0.0732 e. The van der Waals surface area contributed by atoms with Crippen molar-refractivity contribution in [3.05, 3.63) is 109 Å². The van der Waals surface area contributed by atoms with Crippen molar-refractivity contribution >= 4 is 0 Å². The summed E-state index contributed by atoms with van der Waals surface area (Å²) in [5.41, 5.74) is 6.51. The molecule has 0 atom stereocenters. The smallest absolute Gasteiger partial charge is 0.0211 e. The van der Waals surface area contributed by atoms with E-state index >= 15 is 0 Å². The molecule has 110 valence electrons. The molecule has 4 rings (SSSR count). The molecule has 0 bridgehead atoms. The van der Waals surface area contributed by atoms with Gasteiger partial charge in [-0.2, -0.15) is 0 Å². The molecule has 3 aromatic rings. The Morgan fingerprint density at radius 3 is 1.78 bits per heavy atom. The van der Waals surface area contributed by atoms with Crippen molar-refractivity contribution in [1.82, 2.24) is 0 Å². The summed E-state index contributed by atoms with van der Waals surface area (Å²) >= 11 is 0. The van der Waals surface area contributed by atoms with E-state index in [9.17, 15) is 0 Å². The zero-order valence-electron chi connectivity index (χ0n) is 12.9. The lowest BCUT2D eigenvalue weighted by Gasteiger charge is -2.16. The SMILES string of the molecule is C1=CC(c2ccccc2-c2ccccc2-c2ccccc2)C=C1. The van der Waals surface area contributed by atoms with Gasteiger partial charge in [0.25, 0.3) is 0 Å². The molecule has 0 saturated carbocycles. The van der Waals surface area contributed by atoms with E-state index in [0.29, 0.717) is 5.92 Å². The number of hydrogen-bond acceptors (Lipinski definition) is 0. The van der Waals surface area contributed by atoms with Crippen LogP contribution in [0.2, 0.25) is 0 Å². The molecular formula is C23H18. The molecule has 0 aromatic heterocycles. The summed E-state index contributed by atoms with van der Waals surface area (Å²) < 4.78 is 0. The lowest BCUT2D eigenvalue weighted by atomic mass is 9.87. The van der Waals surface area contributed by atoms with Crippen LogP contribution in [0.1, 0.15) is 11.5 Å². The fraction of sp³-hybridized carbons (Fsp3) is 0.0435. The maximum atomic E-state index is 2.25. The monoisotopic (exact) mass is 294 g/mol. The van der Waals surface area contributed by atoms with Crippen molar-refractivity contribution in [2.24, 2.45) is 0 Å². The molecule has 0 radical (unpaired) electrons. The first-order valence-electron chi connectivity index (χ1n) is 8.02. The average Bonchev–Trinajstić information content (AvgIpc) is 3.17. The Kier molecular flexibility index (Phi) is 3.65. The lowest BCUT2D eigenvalue weighted by molar-refractivity contribution is 1.11. The van der Waals surface area contributed by atoms with Gasteiger partial charge in [-0.05, 0) is 27.8 Å². The van der Waals surface area contributed by atoms with Gasteiger partial charge >= 0.3 is 0 Å². The van der Waals surface area contributed by atoms with E-state index in [1.165, 1.54) is 27.8 Å². The maximum Gasteiger partial charge on any atom is 0.0211 e. The number of rotatable bonds is 3. The Balaban J connectivity index is 1.90. The van der Waals surface area contributed by atoms with E-state index < -0.39 is 0 Å². The first-order valence-corrected chi connectivity index (χ1v) is 8.02. The molecule has 0 amide bonds. The summed E-state index contributed by atoms with van der Waals surface area (Å²) in [7, 11) is 0. The molecule has 1 aliphatic rings. The fourth-order valence-corrected chi connectivity index (χ4v) is 3.26. The van der Waals surface area contributed by atoms with Crippen molar-refractivity contribution in [1.29, 1.82) is 0 Å². The van der Waals surface area contributed by atoms with E-state index in [1.807, 2.05) is 0 Å². The third-order valence-electron chi connectivity index (χ3n) is 4.37. The second-order valence-electron chi connectivity index (χ2n) is 5.79. The van der Waals surface area contributed by atoms with E-state index in [0.717, 1.165) is 0 Å². The molecule has 0 spiro atoms. The van der Waals surface area contributed by atoms with Gasteiger partial charge in [0.2, 0.25) is 0 Å². The van der Waals surface area contributed by atoms with Crippen molar-refractivity contribution in [3.8, 4) is 22.3 Å². The Labute approximate surface area is 137 Å². The van der Waals surface area contributed by atoms with Crippen LogP contribution >= 0.6 is 0 Å². The second-order valence-corrected chi connectivity index (χ2v) is 5.79. The highest BCUT2D eigenvalue weighted by molar-refractivity contribution is 5.85. The number of hydrogen-bond donors (Lipinski definition) is 0. The van der Waals surface area contributed by atoms with Crippen LogP contribution in [0, 0.1) is 0 Å². The molecule has 0 nitrogen and oxygen atoms in total. The molecule has 0 saturated heterocycles. The average molecular weight is 294 g/mol. The van der Waals surface area contributed by atoms with Crippen LogP contribution in [0.25, 0.3) is 22.3 Å². The van der Waals surface area contributed by atoms with E-state index in [-0.39, 0.29) is 0 Å². The standard InChI is InChI=1S/C23H18/c1-2-10-18(11-3-1)20-14-6-8-16-22(20)23-17-9-7-15-21(23)19-12-4-5-13-19/h1-17,19H. The zero-order chi connectivity index (χ0) is 15.5. The van der Waals surface area contributed by atoms with Crippen molar-refractivity contribution in [3.63, 3.8) is 0 Å². The molecule has 0 unspecified atom stereocenters. The number of allylic oxidation sites excluding steroid dienone is 4. The molecule has 0 heterocycles. The van der Waals surface area contributed by atoms with E-state index in [4.69, 9.17) is 0 Å². The molecule has 3 aromatic carbocycles. The van der Waals surface area contributed by atoms with Crippen molar-refractivity contribution in [2.75, 3.05) is 0 Å². The first kappa shape index (κ1) is 13.8. The van der Waals surface area contributed by atoms with Crippen LogP contribution in [0.15, 0.2) is 103 Å². The van der Waals surface area contributed by atoms with Crippen LogP contribution in [-0.2, 0) is 0 Å². The van der Waals surface area contributed by atoms with Gasteiger partial charge < -0.3 is 0 Å². The predicted octanol–water partition coefficient (Wildman–Crippen LogP) is 6.23. The van der Waals surface area contributed by atoms with Crippen LogP contribution in [0.5, 0.6) is 0 Å². The lowest BCUT2D eigenvalue weighted by Crippen LogP contribution is -1.95. The first-order chi connectivity index (χ1) is 11.4. The molecule has 1 aliphatic carbocycles. The minimum Gasteiger partial charge on any atom is -0.0732 e.